The Bertz CT molecular complexity index is 1510. The number of likely N-dealkylation sites (tertiary alicyclic amines) is 1. The molecule has 0 bridgehead atoms. The van der Waals surface area contributed by atoms with Crippen molar-refractivity contribution in [1.29, 1.82) is 0 Å². The van der Waals surface area contributed by atoms with Crippen molar-refractivity contribution < 1.29 is 23.8 Å². The molecule has 6 rings (SSSR count). The molecular weight excluding hydrogens is 444 g/mol. The smallest absolute Gasteiger partial charge is 0.296 e. The van der Waals surface area contributed by atoms with E-state index < -0.39 is 17.7 Å². The number of ketones is 1. The standard InChI is InChI=1S/C28H24N2O5/c1-15-12-18-13-17(9-10-22(18)35-15)26(31)24-25(23-16(2)29-21-8-4-3-7-20(21)23)30(28(33)27(24)32)14-19-6-5-11-34-19/h3-11,13,15,25,29,31H,12,14H2,1-2H3/b26-24+. The molecule has 2 unspecified atom stereocenters. The number of amides is 1. The molecule has 2 aliphatic rings. The number of hydrogen-bond donors (Lipinski definition) is 2. The fraction of sp³-hybridized carbons (Fsp3) is 0.214. The normalized spacial score (nSPS) is 21.0. The second kappa shape index (κ2) is 7.91. The number of hydrogen-bond acceptors (Lipinski definition) is 5. The molecule has 4 aromatic rings. The van der Waals surface area contributed by atoms with Crippen LogP contribution in [0.25, 0.3) is 16.7 Å². The Labute approximate surface area is 201 Å². The summed E-state index contributed by atoms with van der Waals surface area (Å²) in [4.78, 5) is 31.6. The van der Waals surface area contributed by atoms with Crippen LogP contribution in [0.5, 0.6) is 5.75 Å². The molecule has 35 heavy (non-hydrogen) atoms. The molecule has 0 saturated carbocycles. The number of carbonyl (C=O) groups excluding carboxylic acids is 2. The molecule has 7 heteroatoms. The number of benzene rings is 2. The molecule has 0 spiro atoms. The lowest BCUT2D eigenvalue weighted by molar-refractivity contribution is -0.140. The Morgan fingerprint density at radius 2 is 1.97 bits per heavy atom. The largest absolute Gasteiger partial charge is 0.507 e. The minimum atomic E-state index is -0.778. The Kier molecular flexibility index (Phi) is 4.81. The fourth-order valence-corrected chi connectivity index (χ4v) is 5.29. The summed E-state index contributed by atoms with van der Waals surface area (Å²) in [5.74, 6) is -0.249. The molecular formula is C28H24N2O5. The van der Waals surface area contributed by atoms with Crippen LogP contribution < -0.4 is 4.74 Å². The molecule has 2 N–H and O–H groups in total. The molecule has 2 aliphatic heterocycles. The SMILES string of the molecule is Cc1[nH]c2ccccc2c1C1/C(=C(\O)c2ccc3c(c2)CC(C)O3)C(=O)C(=O)N1Cc1ccco1. The molecule has 2 atom stereocenters. The Morgan fingerprint density at radius 1 is 1.14 bits per heavy atom. The van der Waals surface area contributed by atoms with Crippen LogP contribution in [0.3, 0.4) is 0 Å². The second-order valence-corrected chi connectivity index (χ2v) is 9.17. The number of aromatic nitrogens is 1. The summed E-state index contributed by atoms with van der Waals surface area (Å²) in [6.07, 6.45) is 2.30. The second-order valence-electron chi connectivity index (χ2n) is 9.17. The van der Waals surface area contributed by atoms with Gasteiger partial charge in [0.2, 0.25) is 0 Å². The van der Waals surface area contributed by atoms with Gasteiger partial charge in [-0.3, -0.25) is 9.59 Å². The summed E-state index contributed by atoms with van der Waals surface area (Å²) in [6.45, 7) is 4.00. The lowest BCUT2D eigenvalue weighted by Gasteiger charge is -2.25. The van der Waals surface area contributed by atoms with Gasteiger partial charge in [-0.2, -0.15) is 0 Å². The van der Waals surface area contributed by atoms with E-state index in [-0.39, 0.29) is 24.0 Å². The van der Waals surface area contributed by atoms with Gasteiger partial charge < -0.3 is 24.1 Å². The van der Waals surface area contributed by atoms with E-state index in [0.717, 1.165) is 33.5 Å². The maximum atomic E-state index is 13.4. The molecule has 7 nitrogen and oxygen atoms in total. The van der Waals surface area contributed by atoms with Crippen LogP contribution in [-0.4, -0.2) is 32.8 Å². The van der Waals surface area contributed by atoms with Crippen LogP contribution in [0.1, 0.15) is 41.1 Å². The first-order valence-electron chi connectivity index (χ1n) is 11.6. The Balaban J connectivity index is 1.55. The van der Waals surface area contributed by atoms with E-state index in [1.165, 1.54) is 11.2 Å². The third-order valence-electron chi connectivity index (χ3n) is 6.83. The van der Waals surface area contributed by atoms with E-state index in [4.69, 9.17) is 9.15 Å². The number of ether oxygens (including phenoxy) is 1. The van der Waals surface area contributed by atoms with Crippen molar-refractivity contribution in [2.45, 2.75) is 39.0 Å². The molecule has 1 fully saturated rings. The lowest BCUT2D eigenvalue weighted by Crippen LogP contribution is -2.29. The summed E-state index contributed by atoms with van der Waals surface area (Å²) in [6, 6.07) is 15.8. The van der Waals surface area contributed by atoms with Crippen molar-refractivity contribution in [2.75, 3.05) is 0 Å². The Hall–Kier alpha value is -4.26. The molecule has 1 amide bonds. The third kappa shape index (κ3) is 3.34. The highest BCUT2D eigenvalue weighted by Crippen LogP contribution is 2.44. The number of aliphatic hydroxyl groups excluding tert-OH is 1. The maximum Gasteiger partial charge on any atom is 0.296 e. The number of nitrogens with zero attached hydrogens (tertiary/aromatic N) is 1. The number of fused-ring (bicyclic) bond motifs is 2. The fourth-order valence-electron chi connectivity index (χ4n) is 5.29. The van der Waals surface area contributed by atoms with Gasteiger partial charge in [-0.05, 0) is 55.8 Å². The van der Waals surface area contributed by atoms with Gasteiger partial charge in [-0.15, -0.1) is 0 Å². The van der Waals surface area contributed by atoms with Crippen molar-refractivity contribution in [1.82, 2.24) is 9.88 Å². The van der Waals surface area contributed by atoms with Crippen molar-refractivity contribution in [3.8, 4) is 5.75 Å². The van der Waals surface area contributed by atoms with Crippen molar-refractivity contribution in [2.24, 2.45) is 0 Å². The zero-order chi connectivity index (χ0) is 24.3. The zero-order valence-corrected chi connectivity index (χ0v) is 19.4. The van der Waals surface area contributed by atoms with E-state index in [0.29, 0.717) is 17.7 Å². The van der Waals surface area contributed by atoms with Crippen LogP contribution in [0.15, 0.2) is 70.9 Å². The zero-order valence-electron chi connectivity index (χ0n) is 19.4. The summed E-state index contributed by atoms with van der Waals surface area (Å²) < 4.78 is 11.3. The maximum absolute atomic E-state index is 13.4. The van der Waals surface area contributed by atoms with Gasteiger partial charge >= 0.3 is 0 Å². The van der Waals surface area contributed by atoms with E-state index in [9.17, 15) is 14.7 Å². The van der Waals surface area contributed by atoms with Crippen LogP contribution in [0, 0.1) is 6.92 Å². The van der Waals surface area contributed by atoms with Crippen molar-refractivity contribution in [3.63, 3.8) is 0 Å². The number of aromatic amines is 1. The minimum Gasteiger partial charge on any atom is -0.507 e. The highest BCUT2D eigenvalue weighted by Gasteiger charge is 2.47. The van der Waals surface area contributed by atoms with Crippen LogP contribution in [0.4, 0.5) is 0 Å². The number of furan rings is 1. The molecule has 2 aromatic heterocycles. The molecule has 4 heterocycles. The predicted molar refractivity (Wildman–Crippen MR) is 130 cm³/mol. The molecule has 0 aliphatic carbocycles. The third-order valence-corrected chi connectivity index (χ3v) is 6.83. The average Bonchev–Trinajstić information content (AvgIpc) is 3.60. The molecule has 0 radical (unpaired) electrons. The first-order valence-corrected chi connectivity index (χ1v) is 11.6. The monoisotopic (exact) mass is 468 g/mol. The Morgan fingerprint density at radius 3 is 2.77 bits per heavy atom. The molecule has 2 aromatic carbocycles. The highest BCUT2D eigenvalue weighted by atomic mass is 16.5. The number of H-pyrrole nitrogens is 1. The van der Waals surface area contributed by atoms with Crippen LogP contribution >= 0.6 is 0 Å². The number of rotatable bonds is 4. The van der Waals surface area contributed by atoms with Gasteiger partial charge in [0, 0.05) is 34.1 Å². The van der Waals surface area contributed by atoms with Gasteiger partial charge in [0.15, 0.2) is 0 Å². The van der Waals surface area contributed by atoms with Gasteiger partial charge in [0.25, 0.3) is 11.7 Å². The van der Waals surface area contributed by atoms with Gasteiger partial charge in [0.1, 0.15) is 23.4 Å². The first kappa shape index (κ1) is 21.3. The van der Waals surface area contributed by atoms with E-state index in [1.54, 1.807) is 24.3 Å². The highest BCUT2D eigenvalue weighted by molar-refractivity contribution is 6.46. The number of aliphatic hydroxyl groups is 1. The van der Waals surface area contributed by atoms with Crippen molar-refractivity contribution in [3.05, 3.63) is 94.6 Å². The van der Waals surface area contributed by atoms with E-state index in [2.05, 4.69) is 4.98 Å². The number of carbonyl (C=O) groups is 2. The summed E-state index contributed by atoms with van der Waals surface area (Å²) in [5.41, 5.74) is 4.02. The number of aryl methyl sites for hydroxylation is 1. The van der Waals surface area contributed by atoms with Gasteiger partial charge in [0.05, 0.1) is 24.4 Å². The topological polar surface area (TPSA) is 95.8 Å². The average molecular weight is 469 g/mol. The van der Waals surface area contributed by atoms with Crippen LogP contribution in [0.2, 0.25) is 0 Å². The summed E-state index contributed by atoms with van der Waals surface area (Å²) in [7, 11) is 0. The lowest BCUT2D eigenvalue weighted by atomic mass is 9.92. The van der Waals surface area contributed by atoms with E-state index in [1.807, 2.05) is 44.2 Å². The molecule has 1 saturated heterocycles. The number of para-hydroxylation sites is 1. The molecule has 176 valence electrons. The first-order chi connectivity index (χ1) is 16.9. The quantitative estimate of drug-likeness (QED) is 0.249. The van der Waals surface area contributed by atoms with Crippen LogP contribution in [-0.2, 0) is 22.6 Å². The van der Waals surface area contributed by atoms with Crippen molar-refractivity contribution >= 4 is 28.4 Å². The van der Waals surface area contributed by atoms with E-state index >= 15 is 0 Å². The van der Waals surface area contributed by atoms with Gasteiger partial charge in [-0.25, -0.2) is 0 Å². The number of Topliss-reactive ketones (excluding diaryl/α,β-unsaturated/α-hetero) is 1. The summed E-state index contributed by atoms with van der Waals surface area (Å²) >= 11 is 0. The van der Waals surface area contributed by atoms with Gasteiger partial charge in [-0.1, -0.05) is 18.2 Å². The number of nitrogens with one attached hydrogen (secondary N) is 1. The predicted octanol–water partition coefficient (Wildman–Crippen LogP) is 5.01. The summed E-state index contributed by atoms with van der Waals surface area (Å²) in [5, 5.41) is 12.4. The minimum absolute atomic E-state index is 0.0511.